The molecule has 0 bridgehead atoms. The van der Waals surface area contributed by atoms with Gasteiger partial charge in [0.1, 0.15) is 0 Å². The molecule has 0 saturated heterocycles. The molecule has 1 N–H and O–H groups in total. The normalized spacial score (nSPS) is 15.4. The monoisotopic (exact) mass is 245 g/mol. The summed E-state index contributed by atoms with van der Waals surface area (Å²) in [6.45, 7) is 12.7. The van der Waals surface area contributed by atoms with Gasteiger partial charge in [-0.2, -0.15) is 11.8 Å². The molecule has 0 amide bonds. The molecule has 1 nitrogen and oxygen atoms in total. The van der Waals surface area contributed by atoms with Crippen LogP contribution in [0.15, 0.2) is 0 Å². The van der Waals surface area contributed by atoms with Crippen molar-refractivity contribution in [3.05, 3.63) is 0 Å². The standard InChI is InChI=1S/C14H31NS/c1-6-10-15-14(13(8-3)9-4)11-16-12(5)7-2/h12-15H,6-11H2,1-5H3. The van der Waals surface area contributed by atoms with Crippen LogP contribution in [0.4, 0.5) is 0 Å². The lowest BCUT2D eigenvalue weighted by molar-refractivity contribution is 0.359. The van der Waals surface area contributed by atoms with E-state index in [9.17, 15) is 0 Å². The van der Waals surface area contributed by atoms with Crippen molar-refractivity contribution < 1.29 is 0 Å². The summed E-state index contributed by atoms with van der Waals surface area (Å²) in [5.74, 6) is 2.13. The quantitative estimate of drug-likeness (QED) is 0.615. The van der Waals surface area contributed by atoms with Crippen LogP contribution in [-0.4, -0.2) is 23.6 Å². The molecule has 0 saturated carbocycles. The number of hydrogen-bond donors (Lipinski definition) is 1. The van der Waals surface area contributed by atoms with Crippen LogP contribution in [0.25, 0.3) is 0 Å². The highest BCUT2D eigenvalue weighted by Gasteiger charge is 2.18. The van der Waals surface area contributed by atoms with Crippen molar-refractivity contribution in [3.63, 3.8) is 0 Å². The van der Waals surface area contributed by atoms with Crippen molar-refractivity contribution in [3.8, 4) is 0 Å². The minimum absolute atomic E-state index is 0.717. The Morgan fingerprint density at radius 1 is 1.00 bits per heavy atom. The summed E-state index contributed by atoms with van der Waals surface area (Å²) in [7, 11) is 0. The van der Waals surface area contributed by atoms with Crippen molar-refractivity contribution in [2.45, 2.75) is 71.6 Å². The Bertz CT molecular complexity index is 146. The van der Waals surface area contributed by atoms with Crippen LogP contribution in [0.1, 0.15) is 60.3 Å². The molecule has 2 atom stereocenters. The Labute approximate surface area is 107 Å². The summed E-state index contributed by atoms with van der Waals surface area (Å²) in [5.41, 5.74) is 0. The molecule has 0 aliphatic heterocycles. The third-order valence-electron chi connectivity index (χ3n) is 3.41. The van der Waals surface area contributed by atoms with E-state index in [0.717, 1.165) is 11.2 Å². The van der Waals surface area contributed by atoms with E-state index in [4.69, 9.17) is 0 Å². The van der Waals surface area contributed by atoms with Gasteiger partial charge in [0.25, 0.3) is 0 Å². The second-order valence-electron chi connectivity index (χ2n) is 4.69. The van der Waals surface area contributed by atoms with E-state index in [-0.39, 0.29) is 0 Å². The van der Waals surface area contributed by atoms with E-state index < -0.39 is 0 Å². The van der Waals surface area contributed by atoms with E-state index in [1.165, 1.54) is 38.0 Å². The summed E-state index contributed by atoms with van der Waals surface area (Å²) in [6, 6.07) is 0.717. The lowest BCUT2D eigenvalue weighted by Gasteiger charge is -2.27. The van der Waals surface area contributed by atoms with Crippen LogP contribution in [-0.2, 0) is 0 Å². The zero-order valence-electron chi connectivity index (χ0n) is 11.9. The summed E-state index contributed by atoms with van der Waals surface area (Å²) in [6.07, 6.45) is 5.14. The third-order valence-corrected chi connectivity index (χ3v) is 4.86. The molecule has 0 rings (SSSR count). The summed E-state index contributed by atoms with van der Waals surface area (Å²) in [4.78, 5) is 0. The SMILES string of the molecule is CCCNC(CSC(C)CC)C(CC)CC. The van der Waals surface area contributed by atoms with Crippen LogP contribution in [0.5, 0.6) is 0 Å². The Balaban J connectivity index is 4.07. The highest BCUT2D eigenvalue weighted by atomic mass is 32.2. The molecule has 0 aromatic carbocycles. The Morgan fingerprint density at radius 3 is 2.06 bits per heavy atom. The van der Waals surface area contributed by atoms with Gasteiger partial charge in [-0.1, -0.05) is 47.5 Å². The first-order valence-corrected chi connectivity index (χ1v) is 8.09. The lowest BCUT2D eigenvalue weighted by atomic mass is 9.95. The minimum atomic E-state index is 0.717. The maximum Gasteiger partial charge on any atom is 0.0186 e. The second kappa shape index (κ2) is 10.5. The first-order valence-electron chi connectivity index (χ1n) is 7.04. The number of hydrogen-bond acceptors (Lipinski definition) is 2. The van der Waals surface area contributed by atoms with Crippen LogP contribution in [0, 0.1) is 5.92 Å². The molecule has 98 valence electrons. The minimum Gasteiger partial charge on any atom is -0.313 e. The van der Waals surface area contributed by atoms with Gasteiger partial charge in [-0.3, -0.25) is 0 Å². The van der Waals surface area contributed by atoms with Gasteiger partial charge in [-0.15, -0.1) is 0 Å². The van der Waals surface area contributed by atoms with E-state index in [1.54, 1.807) is 0 Å². The fraction of sp³-hybridized carbons (Fsp3) is 1.00. The number of thioether (sulfide) groups is 1. The van der Waals surface area contributed by atoms with Crippen molar-refractivity contribution in [1.29, 1.82) is 0 Å². The summed E-state index contributed by atoms with van der Waals surface area (Å²) < 4.78 is 0. The Morgan fingerprint density at radius 2 is 1.62 bits per heavy atom. The van der Waals surface area contributed by atoms with Gasteiger partial charge in [0.15, 0.2) is 0 Å². The van der Waals surface area contributed by atoms with Crippen molar-refractivity contribution in [2.75, 3.05) is 12.3 Å². The second-order valence-corrected chi connectivity index (χ2v) is 6.16. The van der Waals surface area contributed by atoms with Crippen molar-refractivity contribution in [2.24, 2.45) is 5.92 Å². The van der Waals surface area contributed by atoms with Gasteiger partial charge in [0, 0.05) is 17.0 Å². The third kappa shape index (κ3) is 6.80. The highest BCUT2D eigenvalue weighted by Crippen LogP contribution is 2.21. The molecule has 0 radical (unpaired) electrons. The van der Waals surface area contributed by atoms with Crippen LogP contribution < -0.4 is 5.32 Å². The molecule has 0 fully saturated rings. The highest BCUT2D eigenvalue weighted by molar-refractivity contribution is 7.99. The van der Waals surface area contributed by atoms with E-state index >= 15 is 0 Å². The molecule has 2 unspecified atom stereocenters. The summed E-state index contributed by atoms with van der Waals surface area (Å²) in [5, 5.41) is 4.54. The number of nitrogens with one attached hydrogen (secondary N) is 1. The first kappa shape index (κ1) is 16.3. The molecular formula is C14H31NS. The molecule has 2 heteroatoms. The zero-order valence-corrected chi connectivity index (χ0v) is 12.7. The van der Waals surface area contributed by atoms with Gasteiger partial charge < -0.3 is 5.32 Å². The molecular weight excluding hydrogens is 214 g/mol. The predicted molar refractivity (Wildman–Crippen MR) is 78.4 cm³/mol. The van der Waals surface area contributed by atoms with Crippen LogP contribution >= 0.6 is 11.8 Å². The summed E-state index contributed by atoms with van der Waals surface area (Å²) >= 11 is 2.13. The van der Waals surface area contributed by atoms with Gasteiger partial charge in [-0.25, -0.2) is 0 Å². The van der Waals surface area contributed by atoms with Crippen LogP contribution in [0.2, 0.25) is 0 Å². The van der Waals surface area contributed by atoms with E-state index in [1.807, 2.05) is 0 Å². The molecule has 0 aliphatic rings. The van der Waals surface area contributed by atoms with Crippen molar-refractivity contribution in [1.82, 2.24) is 5.32 Å². The average Bonchev–Trinajstić information content (AvgIpc) is 2.32. The first-order chi connectivity index (χ1) is 7.69. The number of rotatable bonds is 10. The Kier molecular flexibility index (Phi) is 10.7. The van der Waals surface area contributed by atoms with Gasteiger partial charge >= 0.3 is 0 Å². The van der Waals surface area contributed by atoms with Gasteiger partial charge in [0.2, 0.25) is 0 Å². The van der Waals surface area contributed by atoms with E-state index in [2.05, 4.69) is 51.7 Å². The predicted octanol–water partition coefficient (Wildman–Crippen LogP) is 4.32. The van der Waals surface area contributed by atoms with Gasteiger partial charge in [-0.05, 0) is 25.3 Å². The fourth-order valence-corrected chi connectivity index (χ4v) is 3.10. The molecule has 0 aromatic rings. The molecule has 0 spiro atoms. The molecule has 0 aromatic heterocycles. The van der Waals surface area contributed by atoms with E-state index in [0.29, 0.717) is 6.04 Å². The molecule has 0 aliphatic carbocycles. The zero-order chi connectivity index (χ0) is 12.4. The largest absolute Gasteiger partial charge is 0.313 e. The van der Waals surface area contributed by atoms with Crippen molar-refractivity contribution >= 4 is 11.8 Å². The fourth-order valence-electron chi connectivity index (χ4n) is 1.93. The Hall–Kier alpha value is 0.310. The maximum atomic E-state index is 3.73. The molecule has 16 heavy (non-hydrogen) atoms. The topological polar surface area (TPSA) is 12.0 Å². The molecule has 0 heterocycles. The smallest absolute Gasteiger partial charge is 0.0186 e. The van der Waals surface area contributed by atoms with Gasteiger partial charge in [0.05, 0.1) is 0 Å². The lowest BCUT2D eigenvalue weighted by Crippen LogP contribution is -2.38. The van der Waals surface area contributed by atoms with Crippen LogP contribution in [0.3, 0.4) is 0 Å². The maximum absolute atomic E-state index is 3.73. The average molecular weight is 245 g/mol.